The maximum absolute atomic E-state index is 12.7. The number of Topliss-reactive ketones (excluding diaryl/α,β-unsaturated/α-hetero) is 1. The normalized spacial score (nSPS) is 18.9. The number of cyclic esters (lactones) is 1. The predicted molar refractivity (Wildman–Crippen MR) is 97.7 cm³/mol. The van der Waals surface area contributed by atoms with Crippen molar-refractivity contribution in [2.24, 2.45) is 0 Å². The summed E-state index contributed by atoms with van der Waals surface area (Å²) >= 11 is 16.8. The predicted octanol–water partition coefficient (Wildman–Crippen LogP) is 2.39. The van der Waals surface area contributed by atoms with Crippen LogP contribution in [-0.4, -0.2) is 56.9 Å². The molecule has 9 nitrogen and oxygen atoms in total. The molecule has 1 fully saturated rings. The molecule has 0 saturated carbocycles. The Hall–Kier alpha value is -2.07. The number of carbonyl (C=O) groups excluding carboxylic acids is 4. The summed E-state index contributed by atoms with van der Waals surface area (Å²) < 4.78 is 2.77. The van der Waals surface area contributed by atoms with Crippen LogP contribution in [0.25, 0.3) is 0 Å². The molecule has 0 bridgehead atoms. The maximum atomic E-state index is 12.7. The Balaban J connectivity index is 1.78. The summed E-state index contributed by atoms with van der Waals surface area (Å²) in [5, 5.41) is 0.689. The van der Waals surface area contributed by atoms with Crippen LogP contribution in [0.5, 0.6) is 0 Å². The Morgan fingerprint density at radius 3 is 2.61 bits per heavy atom. The molecule has 1 heterocycles. The minimum Gasteiger partial charge on any atom is -0.447 e. The molecule has 12 heteroatoms. The van der Waals surface area contributed by atoms with E-state index in [1.807, 2.05) is 0 Å². The van der Waals surface area contributed by atoms with Crippen LogP contribution in [0.4, 0.5) is 9.59 Å². The van der Waals surface area contributed by atoms with Gasteiger partial charge >= 0.3 is 18.1 Å². The third-order valence-electron chi connectivity index (χ3n) is 4.04. The molecule has 1 N–H and O–H groups in total. The van der Waals surface area contributed by atoms with Gasteiger partial charge in [0.2, 0.25) is 3.79 Å². The monoisotopic (exact) mass is 449 g/mol. The number of benzene rings is 1. The SMILES string of the molecule is O=C(CC(Cl)(Cl)Cl)ON(NC(=O)N1CCOC1=O)[C@H]1Cc2ccccc2C1=O. The minimum absolute atomic E-state index is 0.0133. The van der Waals surface area contributed by atoms with Gasteiger partial charge < -0.3 is 9.57 Å². The fourth-order valence-corrected chi connectivity index (χ4v) is 3.14. The number of ketones is 1. The fraction of sp³-hybridized carbons (Fsp3) is 0.375. The minimum atomic E-state index is -1.92. The second-order valence-corrected chi connectivity index (χ2v) is 8.52. The molecule has 1 atom stereocenters. The lowest BCUT2D eigenvalue weighted by molar-refractivity contribution is -0.209. The van der Waals surface area contributed by atoms with Gasteiger partial charge in [0, 0.05) is 12.0 Å². The molecule has 1 saturated heterocycles. The van der Waals surface area contributed by atoms with E-state index in [0.29, 0.717) is 10.7 Å². The van der Waals surface area contributed by atoms with Crippen molar-refractivity contribution < 1.29 is 28.8 Å². The van der Waals surface area contributed by atoms with E-state index >= 15 is 0 Å². The number of hydroxylamine groups is 1. The molecule has 1 aromatic rings. The number of nitrogens with one attached hydrogen (secondary N) is 1. The Kier molecular flexibility index (Phi) is 5.99. The smallest absolute Gasteiger partial charge is 0.418 e. The zero-order valence-electron chi connectivity index (χ0n) is 14.2. The van der Waals surface area contributed by atoms with Crippen LogP contribution in [0.1, 0.15) is 22.3 Å². The number of ether oxygens (including phenoxy) is 1. The van der Waals surface area contributed by atoms with Crippen LogP contribution < -0.4 is 5.43 Å². The van der Waals surface area contributed by atoms with Gasteiger partial charge in [0.25, 0.3) is 0 Å². The van der Waals surface area contributed by atoms with Crippen LogP contribution in [0, 0.1) is 0 Å². The van der Waals surface area contributed by atoms with Crippen molar-refractivity contribution in [1.82, 2.24) is 15.5 Å². The van der Waals surface area contributed by atoms with Crippen molar-refractivity contribution in [3.8, 4) is 0 Å². The van der Waals surface area contributed by atoms with Crippen LogP contribution in [-0.2, 0) is 20.8 Å². The average Bonchev–Trinajstić information content (AvgIpc) is 3.16. The number of amides is 3. The first-order chi connectivity index (χ1) is 13.2. The Bertz CT molecular complexity index is 828. The van der Waals surface area contributed by atoms with E-state index in [0.717, 1.165) is 10.5 Å². The standard InChI is InChI=1S/C16H14Cl3N3O6/c17-16(18,19)8-12(23)28-22(20-14(25)21-5-6-27-15(21)26)11-7-9-3-1-2-4-10(9)13(11)24/h1-4,11H,5-8H2,(H,20,25)/t11-/m0/s1. The molecule has 3 rings (SSSR count). The van der Waals surface area contributed by atoms with Crippen LogP contribution in [0.15, 0.2) is 24.3 Å². The first kappa shape index (κ1) is 20.7. The van der Waals surface area contributed by atoms with Crippen molar-refractivity contribution >= 4 is 58.7 Å². The largest absolute Gasteiger partial charge is 0.447 e. The van der Waals surface area contributed by atoms with Crippen molar-refractivity contribution in [3.05, 3.63) is 35.4 Å². The summed E-state index contributed by atoms with van der Waals surface area (Å²) in [7, 11) is 0. The summed E-state index contributed by atoms with van der Waals surface area (Å²) in [4.78, 5) is 54.6. The maximum Gasteiger partial charge on any atom is 0.418 e. The number of rotatable bonds is 4. The van der Waals surface area contributed by atoms with E-state index in [1.54, 1.807) is 24.3 Å². The Labute approximate surface area is 174 Å². The van der Waals surface area contributed by atoms with E-state index < -0.39 is 34.3 Å². The zero-order chi connectivity index (χ0) is 20.5. The number of imide groups is 1. The van der Waals surface area contributed by atoms with E-state index in [9.17, 15) is 19.2 Å². The van der Waals surface area contributed by atoms with Crippen molar-refractivity contribution in [2.45, 2.75) is 22.7 Å². The number of hydrogen-bond donors (Lipinski definition) is 1. The van der Waals surface area contributed by atoms with Gasteiger partial charge in [-0.05, 0) is 10.7 Å². The summed E-state index contributed by atoms with van der Waals surface area (Å²) in [5.74, 6) is -1.37. The quantitative estimate of drug-likeness (QED) is 0.554. The zero-order valence-corrected chi connectivity index (χ0v) is 16.5. The number of urea groups is 1. The van der Waals surface area contributed by atoms with Gasteiger partial charge in [0.1, 0.15) is 12.6 Å². The van der Waals surface area contributed by atoms with E-state index in [2.05, 4.69) is 5.43 Å². The second kappa shape index (κ2) is 8.12. The van der Waals surface area contributed by atoms with Gasteiger partial charge in [-0.2, -0.15) is 0 Å². The van der Waals surface area contributed by atoms with Crippen LogP contribution in [0.3, 0.4) is 0 Å². The van der Waals surface area contributed by atoms with E-state index in [-0.39, 0.29) is 25.4 Å². The van der Waals surface area contributed by atoms with Gasteiger partial charge in [-0.1, -0.05) is 59.1 Å². The first-order valence-corrected chi connectivity index (χ1v) is 9.23. The highest BCUT2D eigenvalue weighted by Gasteiger charge is 2.40. The number of alkyl halides is 3. The van der Waals surface area contributed by atoms with Crippen molar-refractivity contribution in [3.63, 3.8) is 0 Å². The molecule has 1 aromatic carbocycles. The summed E-state index contributed by atoms with van der Waals surface area (Å²) in [6.45, 7) is 0.0482. The number of carbonyl (C=O) groups is 4. The highest BCUT2D eigenvalue weighted by Crippen LogP contribution is 2.31. The number of hydrazine groups is 1. The Morgan fingerprint density at radius 2 is 2.00 bits per heavy atom. The fourth-order valence-electron chi connectivity index (χ4n) is 2.81. The number of fused-ring (bicyclic) bond motifs is 1. The molecule has 2 aliphatic rings. The van der Waals surface area contributed by atoms with E-state index in [1.165, 1.54) is 0 Å². The second-order valence-electron chi connectivity index (χ2n) is 6.01. The molecule has 1 aliphatic carbocycles. The molecule has 0 spiro atoms. The Morgan fingerprint density at radius 1 is 1.29 bits per heavy atom. The lowest BCUT2D eigenvalue weighted by Crippen LogP contribution is -2.55. The molecule has 1 aliphatic heterocycles. The van der Waals surface area contributed by atoms with Gasteiger partial charge in [-0.25, -0.2) is 19.9 Å². The molecule has 3 amide bonds. The summed E-state index contributed by atoms with van der Waals surface area (Å²) in [6, 6.07) is 4.85. The van der Waals surface area contributed by atoms with Gasteiger partial charge in [0.05, 0.1) is 13.0 Å². The third-order valence-corrected chi connectivity index (χ3v) is 4.44. The first-order valence-electron chi connectivity index (χ1n) is 8.09. The molecular formula is C16H14Cl3N3O6. The molecule has 0 aromatic heterocycles. The number of halogens is 3. The highest BCUT2D eigenvalue weighted by molar-refractivity contribution is 6.68. The molecule has 150 valence electrons. The highest BCUT2D eigenvalue weighted by atomic mass is 35.6. The molecular weight excluding hydrogens is 437 g/mol. The van der Waals surface area contributed by atoms with Gasteiger partial charge in [0.15, 0.2) is 5.78 Å². The third kappa shape index (κ3) is 4.67. The van der Waals surface area contributed by atoms with Gasteiger partial charge in [-0.3, -0.25) is 9.59 Å². The summed E-state index contributed by atoms with van der Waals surface area (Å²) in [5.41, 5.74) is 3.39. The molecule has 28 heavy (non-hydrogen) atoms. The molecule has 0 unspecified atom stereocenters. The average molecular weight is 451 g/mol. The summed E-state index contributed by atoms with van der Waals surface area (Å²) in [6.07, 6.45) is -1.31. The van der Waals surface area contributed by atoms with E-state index in [4.69, 9.17) is 44.4 Å². The van der Waals surface area contributed by atoms with Crippen LogP contribution in [0.2, 0.25) is 0 Å². The van der Waals surface area contributed by atoms with Crippen LogP contribution >= 0.6 is 34.8 Å². The van der Waals surface area contributed by atoms with Crippen molar-refractivity contribution in [1.29, 1.82) is 0 Å². The lowest BCUT2D eigenvalue weighted by atomic mass is 10.1. The van der Waals surface area contributed by atoms with Gasteiger partial charge in [-0.15, -0.1) is 0 Å². The van der Waals surface area contributed by atoms with Crippen molar-refractivity contribution in [2.75, 3.05) is 13.2 Å². The lowest BCUT2D eigenvalue weighted by Gasteiger charge is -2.27. The topological polar surface area (TPSA) is 105 Å². The number of nitrogens with zero attached hydrogens (tertiary/aromatic N) is 2. The molecule has 0 radical (unpaired) electrons. The number of hydrogen-bond acceptors (Lipinski definition) is 7.